The number of hydrogen-bond acceptors (Lipinski definition) is 4. The van der Waals surface area contributed by atoms with Crippen molar-refractivity contribution in [1.29, 1.82) is 0 Å². The van der Waals surface area contributed by atoms with E-state index >= 15 is 0 Å². The average molecular weight is 262 g/mol. The van der Waals surface area contributed by atoms with Crippen molar-refractivity contribution < 1.29 is 9.53 Å². The average Bonchev–Trinajstić information content (AvgIpc) is 2.92. The topological polar surface area (TPSA) is 51.2 Å². The first-order chi connectivity index (χ1) is 8.81. The molecule has 0 aromatic carbocycles. The summed E-state index contributed by atoms with van der Waals surface area (Å²) in [6, 6.07) is 7.38. The first kappa shape index (κ1) is 12.6. The van der Waals surface area contributed by atoms with Crippen molar-refractivity contribution in [1.82, 2.24) is 10.3 Å². The van der Waals surface area contributed by atoms with Crippen molar-refractivity contribution in [3.05, 3.63) is 46.3 Å². The van der Waals surface area contributed by atoms with Crippen LogP contribution in [0, 0.1) is 0 Å². The number of ether oxygens (including phenoxy) is 1. The van der Waals surface area contributed by atoms with Crippen molar-refractivity contribution in [2.75, 3.05) is 6.61 Å². The standard InChI is InChI=1S/C13H14N2O2S/c1-2-17-13-10(5-3-7-14-13)9-15-12(16)11-6-4-8-18-11/h3-8H,2,9H2,1H3,(H,15,16). The van der Waals surface area contributed by atoms with E-state index in [4.69, 9.17) is 4.74 Å². The molecule has 5 heteroatoms. The molecule has 1 N–H and O–H groups in total. The summed E-state index contributed by atoms with van der Waals surface area (Å²) in [6.07, 6.45) is 1.68. The van der Waals surface area contributed by atoms with Gasteiger partial charge in [0.2, 0.25) is 5.88 Å². The van der Waals surface area contributed by atoms with Gasteiger partial charge in [0.1, 0.15) is 0 Å². The summed E-state index contributed by atoms with van der Waals surface area (Å²) in [4.78, 5) is 16.6. The van der Waals surface area contributed by atoms with Crippen LogP contribution in [0.4, 0.5) is 0 Å². The number of nitrogens with zero attached hydrogens (tertiary/aromatic N) is 1. The summed E-state index contributed by atoms with van der Waals surface area (Å²) in [5, 5.41) is 4.73. The fourth-order valence-electron chi connectivity index (χ4n) is 1.50. The predicted molar refractivity (Wildman–Crippen MR) is 70.9 cm³/mol. The Labute approximate surface area is 110 Å². The van der Waals surface area contributed by atoms with Crippen molar-refractivity contribution in [2.45, 2.75) is 13.5 Å². The van der Waals surface area contributed by atoms with Gasteiger partial charge in [-0.25, -0.2) is 4.98 Å². The molecule has 94 valence electrons. The molecule has 0 aliphatic carbocycles. The molecule has 0 saturated carbocycles. The highest BCUT2D eigenvalue weighted by molar-refractivity contribution is 7.12. The van der Waals surface area contributed by atoms with Crippen LogP contribution in [0.1, 0.15) is 22.2 Å². The van der Waals surface area contributed by atoms with Gasteiger partial charge in [0.25, 0.3) is 5.91 Å². The van der Waals surface area contributed by atoms with E-state index in [0.717, 1.165) is 5.56 Å². The van der Waals surface area contributed by atoms with E-state index in [1.165, 1.54) is 11.3 Å². The molecule has 2 aromatic heterocycles. The Hall–Kier alpha value is -1.88. The first-order valence-corrected chi connectivity index (χ1v) is 6.57. The van der Waals surface area contributed by atoms with Gasteiger partial charge < -0.3 is 10.1 Å². The SMILES string of the molecule is CCOc1ncccc1CNC(=O)c1cccs1. The molecular formula is C13H14N2O2S. The summed E-state index contributed by atoms with van der Waals surface area (Å²) in [6.45, 7) is 2.88. The zero-order chi connectivity index (χ0) is 12.8. The smallest absolute Gasteiger partial charge is 0.261 e. The summed E-state index contributed by atoms with van der Waals surface area (Å²) in [7, 11) is 0. The fourth-order valence-corrected chi connectivity index (χ4v) is 2.14. The van der Waals surface area contributed by atoms with Crippen molar-refractivity contribution in [2.24, 2.45) is 0 Å². The van der Waals surface area contributed by atoms with Crippen LogP contribution in [-0.2, 0) is 6.54 Å². The molecule has 2 aromatic rings. The third-order valence-electron chi connectivity index (χ3n) is 2.32. The quantitative estimate of drug-likeness (QED) is 0.900. The largest absolute Gasteiger partial charge is 0.478 e. The van der Waals surface area contributed by atoms with Crippen molar-refractivity contribution >= 4 is 17.2 Å². The summed E-state index contributed by atoms with van der Waals surface area (Å²) in [5.74, 6) is 0.503. The summed E-state index contributed by atoms with van der Waals surface area (Å²) >= 11 is 1.42. The lowest BCUT2D eigenvalue weighted by Gasteiger charge is -2.09. The van der Waals surface area contributed by atoms with Gasteiger partial charge in [-0.05, 0) is 24.4 Å². The maximum atomic E-state index is 11.8. The molecule has 0 saturated heterocycles. The Morgan fingerprint density at radius 2 is 2.33 bits per heavy atom. The number of carbonyl (C=O) groups is 1. The molecule has 1 amide bonds. The van der Waals surface area contributed by atoms with Crippen LogP contribution in [0.2, 0.25) is 0 Å². The lowest BCUT2D eigenvalue weighted by Crippen LogP contribution is -2.22. The highest BCUT2D eigenvalue weighted by Gasteiger charge is 2.08. The van der Waals surface area contributed by atoms with Gasteiger partial charge in [-0.1, -0.05) is 12.1 Å². The highest BCUT2D eigenvalue weighted by atomic mass is 32.1. The van der Waals surface area contributed by atoms with Gasteiger partial charge in [0, 0.05) is 18.3 Å². The number of pyridine rings is 1. The van der Waals surface area contributed by atoms with Crippen LogP contribution in [-0.4, -0.2) is 17.5 Å². The van der Waals surface area contributed by atoms with Crippen LogP contribution < -0.4 is 10.1 Å². The molecule has 0 aliphatic rings. The molecule has 0 bridgehead atoms. The van der Waals surface area contributed by atoms with Gasteiger partial charge in [0.15, 0.2) is 0 Å². The van der Waals surface area contributed by atoms with E-state index in [-0.39, 0.29) is 5.91 Å². The number of amides is 1. The second-order valence-corrected chi connectivity index (χ2v) is 4.51. The van der Waals surface area contributed by atoms with E-state index in [9.17, 15) is 4.79 Å². The number of nitrogens with one attached hydrogen (secondary N) is 1. The van der Waals surface area contributed by atoms with Crippen LogP contribution in [0.25, 0.3) is 0 Å². The maximum Gasteiger partial charge on any atom is 0.261 e. The lowest BCUT2D eigenvalue weighted by atomic mass is 10.2. The Bertz CT molecular complexity index is 511. The highest BCUT2D eigenvalue weighted by Crippen LogP contribution is 2.14. The minimum absolute atomic E-state index is 0.0729. The van der Waals surface area contributed by atoms with Gasteiger partial charge in [0.05, 0.1) is 11.5 Å². The van der Waals surface area contributed by atoms with Gasteiger partial charge in [-0.2, -0.15) is 0 Å². The second kappa shape index (κ2) is 6.16. The molecule has 2 heterocycles. The Morgan fingerprint density at radius 1 is 1.44 bits per heavy atom. The lowest BCUT2D eigenvalue weighted by molar-refractivity contribution is 0.0954. The fraction of sp³-hybridized carbons (Fsp3) is 0.231. The third-order valence-corrected chi connectivity index (χ3v) is 3.18. The predicted octanol–water partition coefficient (Wildman–Crippen LogP) is 2.47. The van der Waals surface area contributed by atoms with E-state index < -0.39 is 0 Å². The molecular weight excluding hydrogens is 248 g/mol. The molecule has 4 nitrogen and oxygen atoms in total. The van der Waals surface area contributed by atoms with Crippen LogP contribution >= 0.6 is 11.3 Å². The monoisotopic (exact) mass is 262 g/mol. The normalized spacial score (nSPS) is 10.1. The van der Waals surface area contributed by atoms with E-state index in [0.29, 0.717) is 23.9 Å². The molecule has 0 radical (unpaired) electrons. The Balaban J connectivity index is 2.00. The van der Waals surface area contributed by atoms with Crippen LogP contribution in [0.15, 0.2) is 35.8 Å². The third kappa shape index (κ3) is 3.07. The molecule has 0 spiro atoms. The summed E-state index contributed by atoms with van der Waals surface area (Å²) in [5.41, 5.74) is 0.879. The summed E-state index contributed by atoms with van der Waals surface area (Å²) < 4.78 is 5.40. The minimum atomic E-state index is -0.0729. The minimum Gasteiger partial charge on any atom is -0.478 e. The number of thiophene rings is 1. The molecule has 18 heavy (non-hydrogen) atoms. The Morgan fingerprint density at radius 3 is 3.06 bits per heavy atom. The molecule has 0 atom stereocenters. The van der Waals surface area contributed by atoms with E-state index in [2.05, 4.69) is 10.3 Å². The molecule has 0 unspecified atom stereocenters. The Kier molecular flexibility index (Phi) is 4.30. The van der Waals surface area contributed by atoms with Gasteiger partial charge in [-0.15, -0.1) is 11.3 Å². The van der Waals surface area contributed by atoms with E-state index in [1.807, 2.05) is 30.5 Å². The van der Waals surface area contributed by atoms with E-state index in [1.54, 1.807) is 12.3 Å². The molecule has 0 fully saturated rings. The number of hydrogen-bond donors (Lipinski definition) is 1. The number of aromatic nitrogens is 1. The molecule has 2 rings (SSSR count). The zero-order valence-electron chi connectivity index (χ0n) is 10.1. The number of rotatable bonds is 5. The number of carbonyl (C=O) groups excluding carboxylic acids is 1. The van der Waals surface area contributed by atoms with Crippen molar-refractivity contribution in [3.8, 4) is 5.88 Å². The first-order valence-electron chi connectivity index (χ1n) is 5.69. The van der Waals surface area contributed by atoms with Crippen molar-refractivity contribution in [3.63, 3.8) is 0 Å². The molecule has 0 aliphatic heterocycles. The van der Waals surface area contributed by atoms with Crippen LogP contribution in [0.5, 0.6) is 5.88 Å². The van der Waals surface area contributed by atoms with Crippen LogP contribution in [0.3, 0.4) is 0 Å². The van der Waals surface area contributed by atoms with Gasteiger partial charge >= 0.3 is 0 Å². The van der Waals surface area contributed by atoms with Gasteiger partial charge in [-0.3, -0.25) is 4.79 Å². The maximum absolute atomic E-state index is 11.8. The zero-order valence-corrected chi connectivity index (χ0v) is 10.9. The second-order valence-electron chi connectivity index (χ2n) is 3.56.